The minimum absolute atomic E-state index is 0.0808. The fraction of sp³-hybridized carbons (Fsp3) is 0.0545. The maximum atomic E-state index is 5.72. The van der Waals surface area contributed by atoms with Gasteiger partial charge in [0.05, 0.1) is 0 Å². The van der Waals surface area contributed by atoms with Gasteiger partial charge in [-0.05, 0) is 0 Å². The molecule has 59 heavy (non-hydrogen) atoms. The Balaban J connectivity index is 1.15. The van der Waals surface area contributed by atoms with Gasteiger partial charge < -0.3 is 0 Å². The molecule has 8 aromatic carbocycles. The molecule has 3 heterocycles. The number of para-hydroxylation sites is 1. The van der Waals surface area contributed by atoms with Crippen molar-refractivity contribution in [2.24, 2.45) is 0 Å². The first-order chi connectivity index (χ1) is 29.0. The Labute approximate surface area is 346 Å². The van der Waals surface area contributed by atoms with E-state index < -0.39 is 13.3 Å². The second-order valence-electron chi connectivity index (χ2n) is 16.5. The quantitative estimate of drug-likeness (QED) is 0.162. The summed E-state index contributed by atoms with van der Waals surface area (Å²) in [4.78, 5) is 11.3. The summed E-state index contributed by atoms with van der Waals surface area (Å²) in [6.45, 7) is 4.73. The number of fused-ring (bicyclic) bond motifs is 9. The molecule has 0 fully saturated rings. The van der Waals surface area contributed by atoms with Crippen LogP contribution < -0.4 is 17.7 Å². The van der Waals surface area contributed by atoms with Crippen molar-refractivity contribution in [2.45, 2.75) is 19.3 Å². The molecular weight excluding hydrogens is 775 g/mol. The second kappa shape index (κ2) is 12.8. The predicted octanol–water partition coefficient (Wildman–Crippen LogP) is 10.6. The average Bonchev–Trinajstić information content (AvgIpc) is 3.87. The Morgan fingerprint density at radius 3 is 1.85 bits per heavy atom. The van der Waals surface area contributed by atoms with Gasteiger partial charge in [0.15, 0.2) is 0 Å². The van der Waals surface area contributed by atoms with Crippen LogP contribution in [0.2, 0.25) is 0 Å². The molecule has 0 bridgehead atoms. The molecule has 1 aliphatic heterocycles. The Morgan fingerprint density at radius 1 is 0.458 bits per heavy atom. The normalized spacial score (nSPS) is 14.2. The summed E-state index contributed by atoms with van der Waals surface area (Å²) in [7, 11) is 0. The number of nitrogens with zero attached hydrogens (tertiary/aromatic N) is 3. The molecule has 0 radical (unpaired) electrons. The summed E-state index contributed by atoms with van der Waals surface area (Å²) in [5.41, 5.74) is 14.3. The summed E-state index contributed by atoms with van der Waals surface area (Å²) in [6.07, 6.45) is 0. The van der Waals surface area contributed by atoms with Crippen LogP contribution in [0.1, 0.15) is 25.0 Å². The van der Waals surface area contributed by atoms with Gasteiger partial charge in [0.25, 0.3) is 0 Å². The van der Waals surface area contributed by atoms with E-state index in [9.17, 15) is 0 Å². The van der Waals surface area contributed by atoms with Gasteiger partial charge in [-0.15, -0.1) is 0 Å². The van der Waals surface area contributed by atoms with Crippen LogP contribution in [0.3, 0.4) is 0 Å². The van der Waals surface area contributed by atoms with E-state index in [1.165, 1.54) is 67.3 Å². The molecular formula is C55H39GeN3. The Bertz CT molecular complexity index is 3250. The molecule has 4 heteroatoms. The molecule has 2 aliphatic rings. The molecule has 12 rings (SSSR count). The summed E-state index contributed by atoms with van der Waals surface area (Å²) in [5.74, 6) is 0.758. The zero-order valence-electron chi connectivity index (χ0n) is 32.9. The van der Waals surface area contributed by atoms with Crippen LogP contribution in [0.4, 0.5) is 0 Å². The van der Waals surface area contributed by atoms with Crippen molar-refractivity contribution in [3.8, 4) is 50.6 Å². The standard InChI is InChI=1S/C55H39GeN3/c1-55(2)46-30-15-12-27-41(46)44-35-50-45(34-47(44)55)42-28-14-17-32-49(42)59(50)40-26-18-21-37(33-40)52-51-43-29-13-16-31-48(43)56(38-22-8-4-9-23-38,39-24-10-5-11-25-39)53(51)58-54(57-52)36-19-6-3-7-20-36/h3-35H,1-2H3. The summed E-state index contributed by atoms with van der Waals surface area (Å²) < 4.78 is 7.78. The molecule has 0 saturated carbocycles. The van der Waals surface area contributed by atoms with Gasteiger partial charge in [0.1, 0.15) is 0 Å². The summed E-state index contributed by atoms with van der Waals surface area (Å²) >= 11 is -3.68. The molecule has 0 N–H and O–H groups in total. The first-order valence-electron chi connectivity index (χ1n) is 20.5. The molecule has 0 spiro atoms. The number of aromatic nitrogens is 3. The van der Waals surface area contributed by atoms with Gasteiger partial charge in [-0.2, -0.15) is 0 Å². The molecule has 2 aromatic heterocycles. The van der Waals surface area contributed by atoms with Gasteiger partial charge in [-0.25, -0.2) is 0 Å². The summed E-state index contributed by atoms with van der Waals surface area (Å²) in [5, 5.41) is 2.53. The van der Waals surface area contributed by atoms with Crippen molar-refractivity contribution in [2.75, 3.05) is 0 Å². The number of benzene rings is 8. The molecule has 0 unspecified atom stereocenters. The van der Waals surface area contributed by atoms with Crippen molar-refractivity contribution in [3.63, 3.8) is 0 Å². The van der Waals surface area contributed by atoms with E-state index >= 15 is 0 Å². The first kappa shape index (κ1) is 34.2. The van der Waals surface area contributed by atoms with Crippen LogP contribution in [-0.2, 0) is 5.41 Å². The van der Waals surface area contributed by atoms with Gasteiger partial charge in [0.2, 0.25) is 0 Å². The summed E-state index contributed by atoms with van der Waals surface area (Å²) in [6, 6.07) is 73.7. The van der Waals surface area contributed by atoms with Crippen molar-refractivity contribution < 1.29 is 0 Å². The Morgan fingerprint density at radius 2 is 1.08 bits per heavy atom. The molecule has 0 atom stereocenters. The molecule has 0 amide bonds. The fourth-order valence-corrected chi connectivity index (χ4v) is 20.9. The van der Waals surface area contributed by atoms with Crippen LogP contribution in [0.25, 0.3) is 72.4 Å². The van der Waals surface area contributed by atoms with Crippen LogP contribution in [0.15, 0.2) is 200 Å². The van der Waals surface area contributed by atoms with E-state index in [1.54, 1.807) is 0 Å². The minimum atomic E-state index is -3.68. The van der Waals surface area contributed by atoms with Gasteiger partial charge >= 0.3 is 316 Å². The van der Waals surface area contributed by atoms with Crippen molar-refractivity contribution in [1.82, 2.24) is 14.5 Å². The molecule has 10 aromatic rings. The van der Waals surface area contributed by atoms with Crippen molar-refractivity contribution in [3.05, 3.63) is 211 Å². The van der Waals surface area contributed by atoms with Crippen molar-refractivity contribution in [1.29, 1.82) is 0 Å². The molecule has 278 valence electrons. The van der Waals surface area contributed by atoms with Crippen molar-refractivity contribution >= 4 is 52.8 Å². The molecule has 3 nitrogen and oxygen atoms in total. The maximum absolute atomic E-state index is 5.72. The van der Waals surface area contributed by atoms with E-state index in [0.717, 1.165) is 33.9 Å². The second-order valence-corrected chi connectivity index (χ2v) is 24.2. The number of hydrogen-bond acceptors (Lipinski definition) is 2. The Kier molecular flexibility index (Phi) is 7.45. The zero-order valence-corrected chi connectivity index (χ0v) is 35.0. The first-order valence-corrected chi connectivity index (χ1v) is 24.7. The van der Waals surface area contributed by atoms with E-state index in [4.69, 9.17) is 9.97 Å². The van der Waals surface area contributed by atoms with Gasteiger partial charge in [-0.3, -0.25) is 0 Å². The zero-order chi connectivity index (χ0) is 39.3. The monoisotopic (exact) mass is 815 g/mol. The third-order valence-corrected chi connectivity index (χ3v) is 23.0. The molecule has 0 saturated heterocycles. The predicted molar refractivity (Wildman–Crippen MR) is 247 cm³/mol. The van der Waals surface area contributed by atoms with Gasteiger partial charge in [-0.1, -0.05) is 32.0 Å². The number of rotatable bonds is 5. The Hall–Kier alpha value is -6.82. The van der Waals surface area contributed by atoms with Gasteiger partial charge in [0, 0.05) is 0 Å². The molecule has 1 aliphatic carbocycles. The van der Waals surface area contributed by atoms with Crippen LogP contribution in [0.5, 0.6) is 0 Å². The fourth-order valence-electron chi connectivity index (χ4n) is 10.4. The SMILES string of the molecule is CC1(C)c2ccccc2-c2cc3c(cc21)c1ccccc1n3-c1cccc(-c2nc(-c3ccccc3)n[c]3c2-c2cccc[c]2[Ge]3([c]2ccccc2)[c]2ccccc2)c1. The van der Waals surface area contributed by atoms with Crippen LogP contribution >= 0.6 is 0 Å². The topological polar surface area (TPSA) is 30.7 Å². The van der Waals surface area contributed by atoms with E-state index in [2.05, 4.69) is 219 Å². The third kappa shape index (κ3) is 4.83. The van der Waals surface area contributed by atoms with Crippen LogP contribution in [-0.4, -0.2) is 27.8 Å². The van der Waals surface area contributed by atoms with E-state index in [1.807, 2.05) is 0 Å². The van der Waals surface area contributed by atoms with E-state index in [-0.39, 0.29) is 5.41 Å². The number of hydrogen-bond donors (Lipinski definition) is 0. The van der Waals surface area contributed by atoms with E-state index in [0.29, 0.717) is 0 Å². The van der Waals surface area contributed by atoms with Crippen LogP contribution in [0, 0.1) is 0 Å². The average molecular weight is 815 g/mol. The third-order valence-electron chi connectivity index (χ3n) is 13.1.